The Hall–Kier alpha value is -3.71. The standard InChI is InChI=1S/C22H19N3O8S2/c26-20(23-10-1-2-11-23)14-24-21(27)19(34-22(24)28)12-15-6-8-17(9-7-15)33-35(31,32)18-5-3-4-16(13-18)25(29)30/h3-9,12-13H,1-2,10-11,14H2/b19-12-. The van der Waals surface area contributed by atoms with Gasteiger partial charge in [0.1, 0.15) is 17.2 Å². The van der Waals surface area contributed by atoms with Crippen LogP contribution in [0.15, 0.2) is 58.3 Å². The molecule has 0 unspecified atom stereocenters. The number of hydrogen-bond donors (Lipinski definition) is 0. The number of nitro benzene ring substituents is 1. The number of imide groups is 1. The summed E-state index contributed by atoms with van der Waals surface area (Å²) in [6.45, 7) is 0.941. The third-order valence-electron chi connectivity index (χ3n) is 5.33. The van der Waals surface area contributed by atoms with Gasteiger partial charge in [0, 0.05) is 25.2 Å². The lowest BCUT2D eigenvalue weighted by atomic mass is 10.2. The Labute approximate surface area is 204 Å². The lowest BCUT2D eigenvalue weighted by molar-refractivity contribution is -0.385. The van der Waals surface area contributed by atoms with Crippen LogP contribution in [0.25, 0.3) is 6.08 Å². The van der Waals surface area contributed by atoms with Crippen molar-refractivity contribution in [3.8, 4) is 5.75 Å². The quantitative estimate of drug-likeness (QED) is 0.234. The van der Waals surface area contributed by atoms with Crippen molar-refractivity contribution in [2.45, 2.75) is 17.7 Å². The number of rotatable bonds is 7. The number of carbonyl (C=O) groups excluding carboxylic acids is 3. The first-order valence-electron chi connectivity index (χ1n) is 10.5. The zero-order valence-electron chi connectivity index (χ0n) is 18.2. The van der Waals surface area contributed by atoms with Crippen LogP contribution in [0.2, 0.25) is 0 Å². The van der Waals surface area contributed by atoms with Crippen LogP contribution < -0.4 is 4.18 Å². The fourth-order valence-electron chi connectivity index (χ4n) is 3.54. The van der Waals surface area contributed by atoms with E-state index in [1.807, 2.05) is 0 Å². The third kappa shape index (κ3) is 5.52. The molecule has 0 radical (unpaired) electrons. The van der Waals surface area contributed by atoms with E-state index in [0.717, 1.165) is 41.6 Å². The average Bonchev–Trinajstić information content (AvgIpc) is 3.45. The molecular formula is C22H19N3O8S2. The number of thioether (sulfide) groups is 1. The number of carbonyl (C=O) groups is 3. The lowest BCUT2D eigenvalue weighted by Gasteiger charge is -2.18. The van der Waals surface area contributed by atoms with Crippen molar-refractivity contribution in [1.29, 1.82) is 0 Å². The fourth-order valence-corrected chi connectivity index (χ4v) is 5.35. The van der Waals surface area contributed by atoms with Crippen molar-refractivity contribution in [1.82, 2.24) is 9.80 Å². The Morgan fingerprint density at radius 3 is 2.46 bits per heavy atom. The highest BCUT2D eigenvalue weighted by Crippen LogP contribution is 2.32. The molecule has 0 aliphatic carbocycles. The number of nitrogens with zero attached hydrogens (tertiary/aromatic N) is 3. The van der Waals surface area contributed by atoms with E-state index >= 15 is 0 Å². The molecule has 0 spiro atoms. The van der Waals surface area contributed by atoms with Gasteiger partial charge >= 0.3 is 10.1 Å². The summed E-state index contributed by atoms with van der Waals surface area (Å²) in [5, 5.41) is 10.4. The van der Waals surface area contributed by atoms with Crippen molar-refractivity contribution in [2.75, 3.05) is 19.6 Å². The van der Waals surface area contributed by atoms with Crippen LogP contribution in [0.1, 0.15) is 18.4 Å². The molecule has 0 bridgehead atoms. The number of amides is 3. The predicted octanol–water partition coefficient (Wildman–Crippen LogP) is 3.02. The van der Waals surface area contributed by atoms with Crippen molar-refractivity contribution >= 4 is 50.7 Å². The topological polar surface area (TPSA) is 144 Å². The van der Waals surface area contributed by atoms with E-state index in [9.17, 15) is 32.9 Å². The van der Waals surface area contributed by atoms with Gasteiger partial charge < -0.3 is 9.08 Å². The Bertz CT molecular complexity index is 1330. The van der Waals surface area contributed by atoms with Crippen LogP contribution in [0.5, 0.6) is 5.75 Å². The summed E-state index contributed by atoms with van der Waals surface area (Å²) < 4.78 is 30.0. The van der Waals surface area contributed by atoms with E-state index in [2.05, 4.69) is 0 Å². The summed E-state index contributed by atoms with van der Waals surface area (Å²) >= 11 is 0.722. The van der Waals surface area contributed by atoms with Crippen LogP contribution in [-0.4, -0.2) is 59.8 Å². The summed E-state index contributed by atoms with van der Waals surface area (Å²) in [5.74, 6) is -0.878. The van der Waals surface area contributed by atoms with Gasteiger partial charge in [-0.1, -0.05) is 18.2 Å². The van der Waals surface area contributed by atoms with Crippen molar-refractivity contribution < 1.29 is 31.9 Å². The fraction of sp³-hybridized carbons (Fsp3) is 0.227. The molecule has 2 fully saturated rings. The normalized spacial score (nSPS) is 17.3. The summed E-state index contributed by atoms with van der Waals surface area (Å²) in [6.07, 6.45) is 3.27. The van der Waals surface area contributed by atoms with E-state index in [4.69, 9.17) is 4.18 Å². The van der Waals surface area contributed by atoms with Gasteiger partial charge in [-0.15, -0.1) is 0 Å². The first kappa shape index (κ1) is 24.4. The van der Waals surface area contributed by atoms with Crippen LogP contribution in [0.3, 0.4) is 0 Å². The average molecular weight is 518 g/mol. The molecule has 0 atom stereocenters. The van der Waals surface area contributed by atoms with Gasteiger partial charge in [0.2, 0.25) is 5.91 Å². The zero-order valence-corrected chi connectivity index (χ0v) is 19.8. The molecule has 0 N–H and O–H groups in total. The maximum atomic E-state index is 12.7. The van der Waals surface area contributed by atoms with Crippen molar-refractivity contribution in [3.63, 3.8) is 0 Å². The van der Waals surface area contributed by atoms with E-state index in [1.165, 1.54) is 42.5 Å². The second kappa shape index (κ2) is 9.88. The Morgan fingerprint density at radius 1 is 1.11 bits per heavy atom. The molecule has 2 saturated heterocycles. The van der Waals surface area contributed by atoms with Crippen molar-refractivity contribution in [2.24, 2.45) is 0 Å². The second-order valence-electron chi connectivity index (χ2n) is 7.72. The second-order valence-corrected chi connectivity index (χ2v) is 10.3. The van der Waals surface area contributed by atoms with E-state index in [-0.39, 0.29) is 33.7 Å². The monoisotopic (exact) mass is 517 g/mol. The molecule has 2 aromatic carbocycles. The Kier molecular flexibility index (Phi) is 6.89. The molecule has 2 aliphatic heterocycles. The molecule has 2 heterocycles. The number of hydrogen-bond acceptors (Lipinski definition) is 9. The molecular weight excluding hydrogens is 498 g/mol. The molecule has 35 heavy (non-hydrogen) atoms. The molecule has 2 aliphatic rings. The van der Waals surface area contributed by atoms with E-state index < -0.39 is 26.2 Å². The molecule has 11 nitrogen and oxygen atoms in total. The lowest BCUT2D eigenvalue weighted by Crippen LogP contribution is -2.40. The smallest absolute Gasteiger partial charge is 0.339 e. The third-order valence-corrected chi connectivity index (χ3v) is 7.48. The van der Waals surface area contributed by atoms with E-state index in [1.54, 1.807) is 4.90 Å². The summed E-state index contributed by atoms with van der Waals surface area (Å²) in [5.41, 5.74) is 0.113. The highest BCUT2D eigenvalue weighted by Gasteiger charge is 2.37. The summed E-state index contributed by atoms with van der Waals surface area (Å²) in [4.78, 5) is 49.7. The maximum absolute atomic E-state index is 12.7. The maximum Gasteiger partial charge on any atom is 0.339 e. The summed E-state index contributed by atoms with van der Waals surface area (Å²) in [7, 11) is -4.31. The van der Waals surface area contributed by atoms with Crippen LogP contribution in [-0.2, 0) is 19.7 Å². The SMILES string of the molecule is O=C(CN1C(=O)S/C(=C\c2ccc(OS(=O)(=O)c3cccc([N+](=O)[O-])c3)cc2)C1=O)N1CCCC1. The number of non-ortho nitro benzene ring substituents is 1. The first-order chi connectivity index (χ1) is 16.6. The molecule has 0 aromatic heterocycles. The Balaban J connectivity index is 1.44. The van der Waals surface area contributed by atoms with Crippen LogP contribution >= 0.6 is 11.8 Å². The molecule has 4 rings (SSSR count). The highest BCUT2D eigenvalue weighted by molar-refractivity contribution is 8.18. The minimum absolute atomic E-state index is 0.0435. The number of nitro groups is 1. The minimum Gasteiger partial charge on any atom is -0.379 e. The van der Waals surface area contributed by atoms with Gasteiger partial charge in [0.15, 0.2) is 0 Å². The van der Waals surface area contributed by atoms with Gasteiger partial charge in [-0.2, -0.15) is 8.42 Å². The molecule has 2 aromatic rings. The van der Waals surface area contributed by atoms with Gasteiger partial charge in [0.05, 0.1) is 9.83 Å². The van der Waals surface area contributed by atoms with E-state index in [0.29, 0.717) is 18.7 Å². The summed E-state index contributed by atoms with van der Waals surface area (Å²) in [6, 6.07) is 10.2. The van der Waals surface area contributed by atoms with Crippen molar-refractivity contribution in [3.05, 3.63) is 69.1 Å². The van der Waals surface area contributed by atoms with Gasteiger partial charge in [0.25, 0.3) is 16.8 Å². The largest absolute Gasteiger partial charge is 0.379 e. The minimum atomic E-state index is -4.31. The first-order valence-corrected chi connectivity index (χ1v) is 12.7. The predicted molar refractivity (Wildman–Crippen MR) is 126 cm³/mol. The number of benzene rings is 2. The van der Waals surface area contributed by atoms with Crippen LogP contribution in [0, 0.1) is 10.1 Å². The molecule has 182 valence electrons. The van der Waals surface area contributed by atoms with Gasteiger partial charge in [-0.3, -0.25) is 29.4 Å². The highest BCUT2D eigenvalue weighted by atomic mass is 32.2. The van der Waals surface area contributed by atoms with Gasteiger partial charge in [-0.05, 0) is 54.4 Å². The molecule has 3 amide bonds. The zero-order chi connectivity index (χ0) is 25.2. The Morgan fingerprint density at radius 2 is 1.80 bits per heavy atom. The molecule has 13 heteroatoms. The van der Waals surface area contributed by atoms with Gasteiger partial charge in [-0.25, -0.2) is 0 Å². The van der Waals surface area contributed by atoms with Crippen LogP contribution in [0.4, 0.5) is 10.5 Å². The molecule has 0 saturated carbocycles. The number of likely N-dealkylation sites (tertiary alicyclic amines) is 1.